The molecule has 0 saturated carbocycles. The van der Waals surface area contributed by atoms with Gasteiger partial charge in [0.1, 0.15) is 0 Å². The van der Waals surface area contributed by atoms with Crippen LogP contribution in [-0.4, -0.2) is 32.8 Å². The van der Waals surface area contributed by atoms with Gasteiger partial charge in [0.15, 0.2) is 0 Å². The molecule has 23 heavy (non-hydrogen) atoms. The first-order valence-corrected chi connectivity index (χ1v) is 7.41. The van der Waals surface area contributed by atoms with Crippen LogP contribution in [0.3, 0.4) is 0 Å². The second-order valence-corrected chi connectivity index (χ2v) is 4.95. The molecule has 0 aliphatic heterocycles. The minimum absolute atomic E-state index is 0.320. The van der Waals surface area contributed by atoms with E-state index in [9.17, 15) is 4.79 Å². The highest BCUT2D eigenvalue weighted by molar-refractivity contribution is 5.89. The summed E-state index contributed by atoms with van der Waals surface area (Å²) in [6.07, 6.45) is 0.802. The maximum Gasteiger partial charge on any atom is 0.338 e. The van der Waals surface area contributed by atoms with Crippen molar-refractivity contribution in [2.24, 2.45) is 0 Å². The highest BCUT2D eigenvalue weighted by Crippen LogP contribution is 2.16. The molecule has 0 fully saturated rings. The van der Waals surface area contributed by atoms with Crippen molar-refractivity contribution in [2.75, 3.05) is 6.61 Å². The summed E-state index contributed by atoms with van der Waals surface area (Å²) in [5, 5.41) is 12.5. The fourth-order valence-corrected chi connectivity index (χ4v) is 2.03. The molecule has 0 N–H and O–H groups in total. The minimum Gasteiger partial charge on any atom is -0.462 e. The second-order valence-electron chi connectivity index (χ2n) is 4.95. The molecule has 0 atom stereocenters. The van der Waals surface area contributed by atoms with E-state index in [2.05, 4.69) is 15.4 Å². The van der Waals surface area contributed by atoms with Crippen molar-refractivity contribution in [3.63, 3.8) is 0 Å². The predicted molar refractivity (Wildman–Crippen MR) is 85.2 cm³/mol. The van der Waals surface area contributed by atoms with E-state index in [0.717, 1.165) is 17.7 Å². The van der Waals surface area contributed by atoms with Crippen LogP contribution in [0.4, 0.5) is 0 Å². The quantitative estimate of drug-likeness (QED) is 0.678. The monoisotopic (exact) mass is 308 g/mol. The molecular formula is C17H16N4O2. The molecule has 3 rings (SSSR count). The Morgan fingerprint density at radius 2 is 1.83 bits per heavy atom. The summed E-state index contributed by atoms with van der Waals surface area (Å²) in [4.78, 5) is 13.2. The Hall–Kier alpha value is -3.02. The number of tetrazole rings is 1. The Balaban J connectivity index is 1.78. The Labute approximate surface area is 133 Å². The number of para-hydroxylation sites is 1. The van der Waals surface area contributed by atoms with Gasteiger partial charge in [-0.25, -0.2) is 4.79 Å². The molecule has 1 aromatic heterocycles. The molecule has 0 bridgehead atoms. The summed E-state index contributed by atoms with van der Waals surface area (Å²) in [6, 6.07) is 16.5. The van der Waals surface area contributed by atoms with Crippen molar-refractivity contribution < 1.29 is 9.53 Å². The average Bonchev–Trinajstić information content (AvgIpc) is 3.11. The number of rotatable bonds is 5. The van der Waals surface area contributed by atoms with Gasteiger partial charge in [-0.3, -0.25) is 0 Å². The van der Waals surface area contributed by atoms with Crippen LogP contribution < -0.4 is 0 Å². The lowest BCUT2D eigenvalue weighted by molar-refractivity contribution is 0.0505. The average molecular weight is 308 g/mol. The standard InChI is InChI=1S/C17H16N4O2/c1-2-12-23-17(22)14-10-8-13(9-11-14)16-18-20-21(19-16)15-6-4-3-5-7-15/h3-11H,2,12H2,1H3. The zero-order valence-electron chi connectivity index (χ0n) is 12.7. The van der Waals surface area contributed by atoms with Gasteiger partial charge >= 0.3 is 5.97 Å². The molecule has 0 aliphatic carbocycles. The molecule has 116 valence electrons. The molecule has 2 aromatic carbocycles. The minimum atomic E-state index is -0.320. The summed E-state index contributed by atoms with van der Waals surface area (Å²) in [5.74, 6) is 0.182. The molecule has 0 aliphatic rings. The number of carbonyl (C=O) groups excluding carboxylic acids is 1. The maximum absolute atomic E-state index is 11.8. The van der Waals surface area contributed by atoms with E-state index in [1.807, 2.05) is 37.3 Å². The van der Waals surface area contributed by atoms with Crippen molar-refractivity contribution >= 4 is 5.97 Å². The van der Waals surface area contributed by atoms with Crippen LogP contribution in [0.25, 0.3) is 17.1 Å². The number of esters is 1. The number of hydrogen-bond acceptors (Lipinski definition) is 5. The summed E-state index contributed by atoms with van der Waals surface area (Å²) >= 11 is 0. The lowest BCUT2D eigenvalue weighted by Gasteiger charge is -2.03. The number of benzene rings is 2. The van der Waals surface area contributed by atoms with E-state index in [0.29, 0.717) is 18.0 Å². The molecule has 6 heteroatoms. The third-order valence-electron chi connectivity index (χ3n) is 3.22. The van der Waals surface area contributed by atoms with Crippen molar-refractivity contribution in [1.82, 2.24) is 20.2 Å². The van der Waals surface area contributed by atoms with Crippen LogP contribution >= 0.6 is 0 Å². The topological polar surface area (TPSA) is 69.9 Å². The first-order valence-electron chi connectivity index (χ1n) is 7.41. The Kier molecular flexibility index (Phi) is 4.42. The number of nitrogens with zero attached hydrogens (tertiary/aromatic N) is 4. The number of hydrogen-bond donors (Lipinski definition) is 0. The molecule has 1 heterocycles. The van der Waals surface area contributed by atoms with Gasteiger partial charge in [0.25, 0.3) is 0 Å². The van der Waals surface area contributed by atoms with Gasteiger partial charge < -0.3 is 4.74 Å². The van der Waals surface area contributed by atoms with Crippen molar-refractivity contribution in [2.45, 2.75) is 13.3 Å². The zero-order chi connectivity index (χ0) is 16.1. The summed E-state index contributed by atoms with van der Waals surface area (Å²) in [5.41, 5.74) is 2.14. The molecule has 0 saturated heterocycles. The fourth-order valence-electron chi connectivity index (χ4n) is 2.03. The third kappa shape index (κ3) is 3.42. The summed E-state index contributed by atoms with van der Waals surface area (Å²) in [6.45, 7) is 2.38. The highest BCUT2D eigenvalue weighted by Gasteiger charge is 2.10. The van der Waals surface area contributed by atoms with Gasteiger partial charge in [-0.05, 0) is 35.9 Å². The second kappa shape index (κ2) is 6.83. The van der Waals surface area contributed by atoms with Crippen molar-refractivity contribution in [3.8, 4) is 17.1 Å². The van der Waals surface area contributed by atoms with Crippen LogP contribution in [0, 0.1) is 0 Å². The van der Waals surface area contributed by atoms with Gasteiger partial charge in [0, 0.05) is 5.56 Å². The molecule has 0 unspecified atom stereocenters. The first-order chi connectivity index (χ1) is 11.3. The first kappa shape index (κ1) is 14.9. The van der Waals surface area contributed by atoms with E-state index < -0.39 is 0 Å². The number of aromatic nitrogens is 4. The number of ether oxygens (including phenoxy) is 1. The molecule has 0 radical (unpaired) electrons. The van der Waals surface area contributed by atoms with E-state index in [1.54, 1.807) is 24.3 Å². The summed E-state index contributed by atoms with van der Waals surface area (Å²) in [7, 11) is 0. The zero-order valence-corrected chi connectivity index (χ0v) is 12.7. The predicted octanol–water partition coefficient (Wildman–Crippen LogP) is 2.90. The SMILES string of the molecule is CCCOC(=O)c1ccc(-c2nnn(-c3ccccc3)n2)cc1. The highest BCUT2D eigenvalue weighted by atomic mass is 16.5. The van der Waals surface area contributed by atoms with E-state index in [4.69, 9.17) is 4.74 Å². The van der Waals surface area contributed by atoms with Gasteiger partial charge in [0.2, 0.25) is 5.82 Å². The Bertz CT molecular complexity index is 782. The van der Waals surface area contributed by atoms with Gasteiger partial charge in [-0.2, -0.15) is 0 Å². The van der Waals surface area contributed by atoms with E-state index in [-0.39, 0.29) is 5.97 Å². The van der Waals surface area contributed by atoms with Crippen LogP contribution in [0.5, 0.6) is 0 Å². The van der Waals surface area contributed by atoms with Crippen LogP contribution in [0.2, 0.25) is 0 Å². The van der Waals surface area contributed by atoms with Crippen LogP contribution in [0.1, 0.15) is 23.7 Å². The molecule has 6 nitrogen and oxygen atoms in total. The molecule has 0 amide bonds. The normalized spacial score (nSPS) is 10.5. The maximum atomic E-state index is 11.8. The van der Waals surface area contributed by atoms with Gasteiger partial charge in [0.05, 0.1) is 17.9 Å². The van der Waals surface area contributed by atoms with E-state index >= 15 is 0 Å². The lowest BCUT2D eigenvalue weighted by atomic mass is 10.1. The number of carbonyl (C=O) groups is 1. The van der Waals surface area contributed by atoms with Crippen molar-refractivity contribution in [3.05, 3.63) is 60.2 Å². The Morgan fingerprint density at radius 3 is 2.52 bits per heavy atom. The van der Waals surface area contributed by atoms with Crippen molar-refractivity contribution in [1.29, 1.82) is 0 Å². The van der Waals surface area contributed by atoms with Gasteiger partial charge in [-0.1, -0.05) is 37.3 Å². The van der Waals surface area contributed by atoms with E-state index in [1.165, 1.54) is 4.80 Å². The molecular weight excluding hydrogens is 292 g/mol. The van der Waals surface area contributed by atoms with Gasteiger partial charge in [-0.15, -0.1) is 15.0 Å². The largest absolute Gasteiger partial charge is 0.462 e. The lowest BCUT2D eigenvalue weighted by Crippen LogP contribution is -2.05. The Morgan fingerprint density at radius 1 is 1.09 bits per heavy atom. The summed E-state index contributed by atoms with van der Waals surface area (Å²) < 4.78 is 5.10. The third-order valence-corrected chi connectivity index (χ3v) is 3.22. The smallest absolute Gasteiger partial charge is 0.338 e. The van der Waals surface area contributed by atoms with Crippen LogP contribution in [-0.2, 0) is 4.74 Å². The molecule has 0 spiro atoms. The van der Waals surface area contributed by atoms with Crippen LogP contribution in [0.15, 0.2) is 54.6 Å². The molecule has 3 aromatic rings. The fraction of sp³-hybridized carbons (Fsp3) is 0.176.